The minimum absolute atomic E-state index is 0.0116. The number of anilines is 1. The van der Waals surface area contributed by atoms with E-state index in [9.17, 15) is 9.59 Å². The molecule has 0 unspecified atom stereocenters. The van der Waals surface area contributed by atoms with Crippen LogP contribution in [0.4, 0.5) is 5.13 Å². The molecule has 1 aromatic heterocycles. The molecule has 0 bridgehead atoms. The molecule has 2 heterocycles. The number of para-hydroxylation sites is 1. The van der Waals surface area contributed by atoms with Crippen molar-refractivity contribution < 1.29 is 14.3 Å². The zero-order chi connectivity index (χ0) is 20.2. The maximum atomic E-state index is 12.7. The van der Waals surface area contributed by atoms with Gasteiger partial charge in [-0.15, -0.1) is 0 Å². The Bertz CT molecular complexity index is 994. The van der Waals surface area contributed by atoms with Crippen LogP contribution in [-0.4, -0.2) is 66.4 Å². The third-order valence-electron chi connectivity index (χ3n) is 4.88. The smallest absolute Gasteiger partial charge is 0.254 e. The van der Waals surface area contributed by atoms with Crippen molar-refractivity contribution >= 4 is 38.5 Å². The topological polar surface area (TPSA) is 74.8 Å². The van der Waals surface area contributed by atoms with Crippen LogP contribution < -0.4 is 10.1 Å². The van der Waals surface area contributed by atoms with Crippen molar-refractivity contribution in [2.75, 3.05) is 45.2 Å². The number of amides is 2. The molecule has 0 saturated carbocycles. The fourth-order valence-corrected chi connectivity index (χ4v) is 4.22. The Morgan fingerprint density at radius 2 is 1.90 bits per heavy atom. The summed E-state index contributed by atoms with van der Waals surface area (Å²) in [4.78, 5) is 33.4. The second-order valence-corrected chi connectivity index (χ2v) is 7.87. The number of fused-ring (bicyclic) bond motifs is 1. The standard InChI is InChI=1S/C21H22N4O3S/c1-28-16-6-4-5-15(13-16)20(27)25-11-9-24(10-12-25)14-19(26)23-21-22-17-7-2-3-8-18(17)29-21/h2-8,13H,9-12,14H2,1H3,(H,22,23,26). The van der Waals surface area contributed by atoms with E-state index in [1.807, 2.05) is 41.3 Å². The predicted molar refractivity (Wildman–Crippen MR) is 114 cm³/mol. The first kappa shape index (κ1) is 19.4. The van der Waals surface area contributed by atoms with E-state index in [0.29, 0.717) is 42.6 Å². The molecule has 1 aliphatic heterocycles. The van der Waals surface area contributed by atoms with E-state index in [0.717, 1.165) is 10.2 Å². The van der Waals surface area contributed by atoms with E-state index in [2.05, 4.69) is 15.2 Å². The van der Waals surface area contributed by atoms with Crippen LogP contribution in [0, 0.1) is 0 Å². The first-order valence-electron chi connectivity index (χ1n) is 9.43. The number of nitrogens with zero attached hydrogens (tertiary/aromatic N) is 3. The first-order valence-corrected chi connectivity index (χ1v) is 10.2. The summed E-state index contributed by atoms with van der Waals surface area (Å²) in [5.41, 5.74) is 1.50. The Morgan fingerprint density at radius 1 is 1.10 bits per heavy atom. The van der Waals surface area contributed by atoms with Gasteiger partial charge in [-0.1, -0.05) is 29.5 Å². The van der Waals surface area contributed by atoms with E-state index in [1.165, 1.54) is 11.3 Å². The first-order chi connectivity index (χ1) is 14.1. The number of methoxy groups -OCH3 is 1. The number of carbonyl (C=O) groups excluding carboxylic acids is 2. The lowest BCUT2D eigenvalue weighted by Crippen LogP contribution is -2.50. The molecule has 1 fully saturated rings. The lowest BCUT2D eigenvalue weighted by molar-refractivity contribution is -0.117. The SMILES string of the molecule is COc1cccc(C(=O)N2CCN(CC(=O)Nc3nc4ccccc4s3)CC2)c1. The summed E-state index contributed by atoms with van der Waals surface area (Å²) in [6.07, 6.45) is 0. The summed E-state index contributed by atoms with van der Waals surface area (Å²) in [6, 6.07) is 15.0. The van der Waals surface area contributed by atoms with Gasteiger partial charge < -0.3 is 15.0 Å². The zero-order valence-corrected chi connectivity index (χ0v) is 16.9. The summed E-state index contributed by atoms with van der Waals surface area (Å²) >= 11 is 1.47. The second kappa shape index (κ2) is 8.59. The molecule has 29 heavy (non-hydrogen) atoms. The summed E-state index contributed by atoms with van der Waals surface area (Å²) in [6.45, 7) is 2.78. The number of hydrogen-bond donors (Lipinski definition) is 1. The third-order valence-corrected chi connectivity index (χ3v) is 5.84. The molecule has 2 amide bonds. The predicted octanol–water partition coefficient (Wildman–Crippen LogP) is 2.70. The van der Waals surface area contributed by atoms with E-state index in [4.69, 9.17) is 4.74 Å². The number of ether oxygens (including phenoxy) is 1. The maximum absolute atomic E-state index is 12.7. The quantitative estimate of drug-likeness (QED) is 0.700. The normalized spacial score (nSPS) is 14.7. The van der Waals surface area contributed by atoms with Gasteiger partial charge >= 0.3 is 0 Å². The molecular weight excluding hydrogens is 388 g/mol. The largest absolute Gasteiger partial charge is 0.497 e. The fourth-order valence-electron chi connectivity index (χ4n) is 3.34. The highest BCUT2D eigenvalue weighted by Gasteiger charge is 2.23. The molecule has 1 aliphatic rings. The number of thiazole rings is 1. The van der Waals surface area contributed by atoms with Crippen molar-refractivity contribution in [3.63, 3.8) is 0 Å². The van der Waals surface area contributed by atoms with Crippen LogP contribution in [0.25, 0.3) is 10.2 Å². The highest BCUT2D eigenvalue weighted by atomic mass is 32.1. The van der Waals surface area contributed by atoms with Gasteiger partial charge in [-0.2, -0.15) is 0 Å². The maximum Gasteiger partial charge on any atom is 0.254 e. The van der Waals surface area contributed by atoms with Crippen molar-refractivity contribution in [3.8, 4) is 5.75 Å². The minimum Gasteiger partial charge on any atom is -0.497 e. The van der Waals surface area contributed by atoms with Gasteiger partial charge in [0.05, 0.1) is 23.9 Å². The number of rotatable bonds is 5. The molecule has 4 rings (SSSR count). The van der Waals surface area contributed by atoms with Crippen LogP contribution in [0.5, 0.6) is 5.75 Å². The number of benzene rings is 2. The Hall–Kier alpha value is -2.97. The summed E-state index contributed by atoms with van der Waals surface area (Å²) in [5, 5.41) is 3.50. The molecule has 7 nitrogen and oxygen atoms in total. The molecular formula is C21H22N4O3S. The molecule has 1 saturated heterocycles. The lowest BCUT2D eigenvalue weighted by Gasteiger charge is -2.34. The van der Waals surface area contributed by atoms with Crippen molar-refractivity contribution in [1.29, 1.82) is 0 Å². The van der Waals surface area contributed by atoms with Crippen LogP contribution in [0.15, 0.2) is 48.5 Å². The number of carbonyl (C=O) groups is 2. The van der Waals surface area contributed by atoms with Gasteiger partial charge in [0, 0.05) is 31.7 Å². The average Bonchev–Trinajstić information content (AvgIpc) is 3.16. The van der Waals surface area contributed by atoms with Crippen molar-refractivity contribution in [3.05, 3.63) is 54.1 Å². The van der Waals surface area contributed by atoms with E-state index in [-0.39, 0.29) is 18.4 Å². The van der Waals surface area contributed by atoms with Crippen molar-refractivity contribution in [1.82, 2.24) is 14.8 Å². The van der Waals surface area contributed by atoms with Gasteiger partial charge in [-0.3, -0.25) is 14.5 Å². The Kier molecular flexibility index (Phi) is 5.73. The zero-order valence-electron chi connectivity index (χ0n) is 16.1. The van der Waals surface area contributed by atoms with Crippen LogP contribution in [0.2, 0.25) is 0 Å². The van der Waals surface area contributed by atoms with Gasteiger partial charge in [-0.25, -0.2) is 4.98 Å². The fraction of sp³-hybridized carbons (Fsp3) is 0.286. The van der Waals surface area contributed by atoms with Gasteiger partial charge in [0.15, 0.2) is 5.13 Å². The third kappa shape index (κ3) is 4.55. The molecule has 3 aromatic rings. The van der Waals surface area contributed by atoms with Crippen LogP contribution in [0.3, 0.4) is 0 Å². The molecule has 1 N–H and O–H groups in total. The number of nitrogens with one attached hydrogen (secondary N) is 1. The van der Waals surface area contributed by atoms with Gasteiger partial charge in [0.2, 0.25) is 5.91 Å². The van der Waals surface area contributed by atoms with E-state index in [1.54, 1.807) is 19.2 Å². The summed E-state index contributed by atoms with van der Waals surface area (Å²) in [7, 11) is 1.59. The van der Waals surface area contributed by atoms with Crippen LogP contribution in [0.1, 0.15) is 10.4 Å². The molecule has 0 spiro atoms. The van der Waals surface area contributed by atoms with Crippen molar-refractivity contribution in [2.45, 2.75) is 0 Å². The van der Waals surface area contributed by atoms with Crippen molar-refractivity contribution in [2.24, 2.45) is 0 Å². The minimum atomic E-state index is -0.0865. The second-order valence-electron chi connectivity index (χ2n) is 6.84. The molecule has 8 heteroatoms. The highest BCUT2D eigenvalue weighted by Crippen LogP contribution is 2.25. The van der Waals surface area contributed by atoms with Gasteiger partial charge in [0.1, 0.15) is 5.75 Å². The molecule has 0 radical (unpaired) electrons. The lowest BCUT2D eigenvalue weighted by atomic mass is 10.1. The number of aromatic nitrogens is 1. The summed E-state index contributed by atoms with van der Waals surface area (Å²) in [5.74, 6) is 0.570. The molecule has 2 aromatic carbocycles. The van der Waals surface area contributed by atoms with Gasteiger partial charge in [0.25, 0.3) is 5.91 Å². The van der Waals surface area contributed by atoms with E-state index >= 15 is 0 Å². The Morgan fingerprint density at radius 3 is 2.66 bits per heavy atom. The molecule has 0 aliphatic carbocycles. The molecule has 0 atom stereocenters. The molecule has 150 valence electrons. The highest BCUT2D eigenvalue weighted by molar-refractivity contribution is 7.22. The monoisotopic (exact) mass is 410 g/mol. The number of hydrogen-bond acceptors (Lipinski definition) is 6. The van der Waals surface area contributed by atoms with Crippen LogP contribution >= 0.6 is 11.3 Å². The Labute approximate surface area is 172 Å². The van der Waals surface area contributed by atoms with E-state index < -0.39 is 0 Å². The van der Waals surface area contributed by atoms with Gasteiger partial charge in [-0.05, 0) is 30.3 Å². The summed E-state index contributed by atoms with van der Waals surface area (Å²) < 4.78 is 6.24. The Balaban J connectivity index is 1.29. The van der Waals surface area contributed by atoms with Crippen LogP contribution in [-0.2, 0) is 4.79 Å². The number of piperazine rings is 1. The average molecular weight is 410 g/mol.